The number of aryl methyl sites for hydroxylation is 1. The Morgan fingerprint density at radius 2 is 2.19 bits per heavy atom. The largest absolute Gasteiger partial charge is 0.391 e. The summed E-state index contributed by atoms with van der Waals surface area (Å²) in [7, 11) is 0. The smallest absolute Gasteiger partial charge is 0.239 e. The number of nitrogens with zero attached hydrogens (tertiary/aromatic N) is 2. The van der Waals surface area contributed by atoms with Gasteiger partial charge in [-0.25, -0.2) is 10.8 Å². The lowest BCUT2D eigenvalue weighted by atomic mass is 10.1. The minimum absolute atomic E-state index is 0.210. The molecule has 1 unspecified atom stereocenters. The minimum Gasteiger partial charge on any atom is -0.391 e. The van der Waals surface area contributed by atoms with Crippen molar-refractivity contribution in [2.45, 2.75) is 26.9 Å². The van der Waals surface area contributed by atoms with Crippen molar-refractivity contribution >= 4 is 11.8 Å². The number of hydrogen-bond acceptors (Lipinski definition) is 6. The van der Waals surface area contributed by atoms with Gasteiger partial charge in [0.1, 0.15) is 5.82 Å². The molecule has 0 amide bonds. The third kappa shape index (κ3) is 3.32. The number of hydrazine groups is 1. The zero-order chi connectivity index (χ0) is 12.1. The van der Waals surface area contributed by atoms with E-state index in [0.717, 1.165) is 5.56 Å². The van der Waals surface area contributed by atoms with E-state index in [2.05, 4.69) is 20.7 Å². The van der Waals surface area contributed by atoms with Gasteiger partial charge >= 0.3 is 0 Å². The summed E-state index contributed by atoms with van der Waals surface area (Å²) in [5, 5.41) is 12.7. The molecule has 0 fully saturated rings. The van der Waals surface area contributed by atoms with Crippen LogP contribution < -0.4 is 16.6 Å². The van der Waals surface area contributed by atoms with Crippen LogP contribution in [-0.2, 0) is 0 Å². The normalized spacial score (nSPS) is 12.6. The number of aliphatic hydroxyl groups excluding tert-OH is 1. The fourth-order valence-corrected chi connectivity index (χ4v) is 1.13. The van der Waals surface area contributed by atoms with E-state index in [0.29, 0.717) is 18.3 Å². The van der Waals surface area contributed by atoms with E-state index >= 15 is 0 Å². The molecule has 0 saturated carbocycles. The molecule has 0 aliphatic heterocycles. The lowest BCUT2D eigenvalue weighted by Gasteiger charge is -2.16. The molecule has 90 valence electrons. The third-order valence-corrected chi connectivity index (χ3v) is 2.35. The molecule has 6 nitrogen and oxygen atoms in total. The van der Waals surface area contributed by atoms with Crippen molar-refractivity contribution in [3.63, 3.8) is 0 Å². The first kappa shape index (κ1) is 12.7. The van der Waals surface area contributed by atoms with Crippen molar-refractivity contribution in [3.05, 3.63) is 11.8 Å². The van der Waals surface area contributed by atoms with Crippen LogP contribution in [0.2, 0.25) is 0 Å². The maximum atomic E-state index is 9.66. The maximum Gasteiger partial charge on any atom is 0.239 e. The van der Waals surface area contributed by atoms with Gasteiger partial charge in [0.25, 0.3) is 0 Å². The summed E-state index contributed by atoms with van der Waals surface area (Å²) in [6, 6.07) is 0. The molecule has 6 heteroatoms. The first-order valence-corrected chi connectivity index (χ1v) is 5.26. The number of aromatic nitrogens is 2. The van der Waals surface area contributed by atoms with Crippen molar-refractivity contribution in [1.29, 1.82) is 0 Å². The summed E-state index contributed by atoms with van der Waals surface area (Å²) < 4.78 is 0. The summed E-state index contributed by atoms with van der Waals surface area (Å²) >= 11 is 0. The van der Waals surface area contributed by atoms with Crippen molar-refractivity contribution < 1.29 is 5.11 Å². The molecule has 1 aromatic heterocycles. The van der Waals surface area contributed by atoms with Gasteiger partial charge in [-0.1, -0.05) is 13.8 Å². The van der Waals surface area contributed by atoms with E-state index in [9.17, 15) is 5.11 Å². The Morgan fingerprint density at radius 3 is 2.75 bits per heavy atom. The van der Waals surface area contributed by atoms with Crippen LogP contribution in [0.5, 0.6) is 0 Å². The zero-order valence-electron chi connectivity index (χ0n) is 9.86. The molecule has 1 atom stereocenters. The van der Waals surface area contributed by atoms with Crippen LogP contribution in [0.3, 0.4) is 0 Å². The van der Waals surface area contributed by atoms with Crippen LogP contribution in [0.25, 0.3) is 0 Å². The van der Waals surface area contributed by atoms with Gasteiger partial charge < -0.3 is 10.4 Å². The summed E-state index contributed by atoms with van der Waals surface area (Å²) in [6.45, 7) is 6.28. The molecular formula is C10H19N5O. The molecule has 5 N–H and O–H groups in total. The molecule has 1 aromatic rings. The Hall–Kier alpha value is -1.40. The minimum atomic E-state index is -0.399. The van der Waals surface area contributed by atoms with Gasteiger partial charge in [0.2, 0.25) is 5.95 Å². The second-order valence-corrected chi connectivity index (χ2v) is 4.06. The Balaban J connectivity index is 2.65. The molecule has 1 heterocycles. The van der Waals surface area contributed by atoms with Crippen LogP contribution >= 0.6 is 0 Å². The topological polar surface area (TPSA) is 96.1 Å². The second kappa shape index (κ2) is 5.62. The van der Waals surface area contributed by atoms with Crippen LogP contribution in [-0.4, -0.2) is 27.7 Å². The molecule has 0 radical (unpaired) electrons. The van der Waals surface area contributed by atoms with Crippen LogP contribution in [0.1, 0.15) is 19.4 Å². The maximum absolute atomic E-state index is 9.66. The monoisotopic (exact) mass is 225 g/mol. The quantitative estimate of drug-likeness (QED) is 0.430. The summed E-state index contributed by atoms with van der Waals surface area (Å²) in [4.78, 5) is 8.12. The predicted molar refractivity (Wildman–Crippen MR) is 63.9 cm³/mol. The van der Waals surface area contributed by atoms with E-state index in [4.69, 9.17) is 5.84 Å². The van der Waals surface area contributed by atoms with Crippen LogP contribution in [0.15, 0.2) is 6.20 Å². The third-order valence-electron chi connectivity index (χ3n) is 2.35. The van der Waals surface area contributed by atoms with Crippen molar-refractivity contribution in [1.82, 2.24) is 9.97 Å². The summed E-state index contributed by atoms with van der Waals surface area (Å²) in [5.74, 6) is 6.47. The van der Waals surface area contributed by atoms with Gasteiger partial charge in [-0.2, -0.15) is 4.98 Å². The van der Waals surface area contributed by atoms with E-state index in [1.54, 1.807) is 6.20 Å². The predicted octanol–water partition coefficient (Wildman–Crippen LogP) is 0.499. The second-order valence-electron chi connectivity index (χ2n) is 4.06. The molecule has 16 heavy (non-hydrogen) atoms. The number of aliphatic hydroxyl groups is 1. The first-order valence-electron chi connectivity index (χ1n) is 5.26. The highest BCUT2D eigenvalue weighted by molar-refractivity contribution is 5.46. The SMILES string of the molecule is Cc1cnc(NN)nc1NCC(O)C(C)C. The number of rotatable bonds is 5. The average Bonchev–Trinajstić information content (AvgIpc) is 2.27. The molecule has 0 aliphatic rings. The van der Waals surface area contributed by atoms with E-state index < -0.39 is 6.10 Å². The molecular weight excluding hydrogens is 206 g/mol. The highest BCUT2D eigenvalue weighted by Crippen LogP contribution is 2.12. The van der Waals surface area contributed by atoms with Crippen molar-refractivity contribution in [2.24, 2.45) is 11.8 Å². The number of hydrogen-bond donors (Lipinski definition) is 4. The van der Waals surface area contributed by atoms with E-state index in [-0.39, 0.29) is 5.92 Å². The Morgan fingerprint density at radius 1 is 1.50 bits per heavy atom. The molecule has 0 aliphatic carbocycles. The number of nitrogen functional groups attached to an aromatic ring is 1. The molecule has 1 rings (SSSR count). The number of nitrogens with two attached hydrogens (primary N) is 1. The molecule has 0 saturated heterocycles. The number of anilines is 2. The van der Waals surface area contributed by atoms with Gasteiger partial charge in [-0.3, -0.25) is 5.43 Å². The zero-order valence-corrected chi connectivity index (χ0v) is 9.86. The van der Waals surface area contributed by atoms with E-state index in [1.165, 1.54) is 0 Å². The average molecular weight is 225 g/mol. The van der Waals surface area contributed by atoms with Crippen LogP contribution in [0, 0.1) is 12.8 Å². The Labute approximate surface area is 95.3 Å². The molecule has 0 spiro atoms. The molecule has 0 aromatic carbocycles. The van der Waals surface area contributed by atoms with Crippen molar-refractivity contribution in [3.8, 4) is 0 Å². The van der Waals surface area contributed by atoms with Crippen LogP contribution in [0.4, 0.5) is 11.8 Å². The van der Waals surface area contributed by atoms with Gasteiger partial charge in [0.15, 0.2) is 0 Å². The highest BCUT2D eigenvalue weighted by atomic mass is 16.3. The van der Waals surface area contributed by atoms with Gasteiger partial charge in [-0.15, -0.1) is 0 Å². The summed E-state index contributed by atoms with van der Waals surface area (Å²) in [5.41, 5.74) is 3.29. The lowest BCUT2D eigenvalue weighted by molar-refractivity contribution is 0.138. The van der Waals surface area contributed by atoms with Crippen molar-refractivity contribution in [2.75, 3.05) is 17.3 Å². The Kier molecular flexibility index (Phi) is 4.45. The standard InChI is InChI=1S/C10H19N5O/c1-6(2)8(16)5-12-9-7(3)4-13-10(14-9)15-11/h4,6,8,16H,5,11H2,1-3H3,(H2,12,13,14,15). The lowest BCUT2D eigenvalue weighted by Crippen LogP contribution is -2.25. The summed E-state index contributed by atoms with van der Waals surface area (Å²) in [6.07, 6.45) is 1.27. The van der Waals surface area contributed by atoms with Gasteiger partial charge in [0, 0.05) is 18.3 Å². The van der Waals surface area contributed by atoms with Gasteiger partial charge in [0.05, 0.1) is 6.10 Å². The number of nitrogens with one attached hydrogen (secondary N) is 2. The van der Waals surface area contributed by atoms with Gasteiger partial charge in [-0.05, 0) is 12.8 Å². The highest BCUT2D eigenvalue weighted by Gasteiger charge is 2.10. The Bertz CT molecular complexity index is 342. The van der Waals surface area contributed by atoms with E-state index in [1.807, 2.05) is 20.8 Å². The fourth-order valence-electron chi connectivity index (χ4n) is 1.13. The first-order chi connectivity index (χ1) is 7.54. The molecule has 0 bridgehead atoms. The fraction of sp³-hybridized carbons (Fsp3) is 0.600.